The molecule has 0 bridgehead atoms. The van der Waals surface area contributed by atoms with Crippen LogP contribution in [0.5, 0.6) is 0 Å². The Kier molecular flexibility index (Phi) is 7.77. The van der Waals surface area contributed by atoms with E-state index < -0.39 is 11.9 Å². The molecule has 1 heterocycles. The van der Waals surface area contributed by atoms with E-state index in [1.807, 2.05) is 6.07 Å². The Labute approximate surface area is 161 Å². The maximum atomic E-state index is 12.3. The van der Waals surface area contributed by atoms with Crippen LogP contribution in [0.25, 0.3) is 0 Å². The van der Waals surface area contributed by atoms with Gasteiger partial charge in [-0.1, -0.05) is 26.2 Å². The fourth-order valence-corrected chi connectivity index (χ4v) is 3.13. The molecule has 1 aromatic heterocycles. The minimum Gasteiger partial charge on any atom is -0.478 e. The lowest BCUT2D eigenvalue weighted by Crippen LogP contribution is -2.16. The summed E-state index contributed by atoms with van der Waals surface area (Å²) in [5.74, 6) is -0.842. The smallest absolute Gasteiger partial charge is 0.337 e. The number of hydrogen-bond donors (Lipinski definition) is 2. The number of carboxylic acids is 1. The zero-order chi connectivity index (χ0) is 19.6. The Morgan fingerprint density at radius 2 is 2.00 bits per heavy atom. The fourth-order valence-electron chi connectivity index (χ4n) is 2.31. The second-order valence-electron chi connectivity index (χ2n) is 5.80. The van der Waals surface area contributed by atoms with Crippen molar-refractivity contribution in [2.24, 2.45) is 0 Å². The normalized spacial score (nSPS) is 10.2. The summed E-state index contributed by atoms with van der Waals surface area (Å²) in [5.41, 5.74) is 0.230. The molecule has 0 atom stereocenters. The topological polar surface area (TPSA) is 116 Å². The van der Waals surface area contributed by atoms with E-state index in [9.17, 15) is 14.7 Å². The Bertz CT molecular complexity index is 847. The Morgan fingerprint density at radius 1 is 1.19 bits per heavy atom. The SMILES string of the molecule is CCCCCCSc1ccc(C(=O)Nc2ccc(C#N)cc2C(=O)O)nn1. The van der Waals surface area contributed by atoms with Gasteiger partial charge in [0.25, 0.3) is 5.91 Å². The predicted molar refractivity (Wildman–Crippen MR) is 103 cm³/mol. The Balaban J connectivity index is 2.00. The highest BCUT2D eigenvalue weighted by atomic mass is 32.2. The number of nitrogens with zero attached hydrogens (tertiary/aromatic N) is 3. The fraction of sp³-hybridized carbons (Fsp3) is 0.316. The van der Waals surface area contributed by atoms with Crippen LogP contribution in [0, 0.1) is 11.3 Å². The van der Waals surface area contributed by atoms with E-state index in [2.05, 4.69) is 22.4 Å². The summed E-state index contributed by atoms with van der Waals surface area (Å²) in [5, 5.41) is 29.3. The van der Waals surface area contributed by atoms with Gasteiger partial charge in [-0.3, -0.25) is 4.79 Å². The van der Waals surface area contributed by atoms with E-state index in [-0.39, 0.29) is 22.5 Å². The standard InChI is InChI=1S/C19H20N4O3S/c1-2-3-4-5-10-27-17-9-8-16(22-23-17)18(24)21-15-7-6-13(12-20)11-14(15)19(25)26/h6-9,11H,2-5,10H2,1H3,(H,21,24)(H,25,26). The molecule has 1 aromatic carbocycles. The number of aromatic carboxylic acids is 1. The lowest BCUT2D eigenvalue weighted by molar-refractivity contribution is 0.0698. The summed E-state index contributed by atoms with van der Waals surface area (Å²) in [4.78, 5) is 23.6. The number of carbonyl (C=O) groups is 2. The number of nitriles is 1. The van der Waals surface area contributed by atoms with Crippen molar-refractivity contribution in [3.05, 3.63) is 47.2 Å². The molecule has 0 saturated carbocycles. The van der Waals surface area contributed by atoms with Gasteiger partial charge in [-0.05, 0) is 42.5 Å². The molecular formula is C19H20N4O3S. The average Bonchev–Trinajstić information content (AvgIpc) is 2.68. The van der Waals surface area contributed by atoms with E-state index in [1.54, 1.807) is 23.9 Å². The van der Waals surface area contributed by atoms with Gasteiger partial charge in [0, 0.05) is 0 Å². The molecule has 27 heavy (non-hydrogen) atoms. The van der Waals surface area contributed by atoms with Crippen LogP contribution in [0.2, 0.25) is 0 Å². The van der Waals surface area contributed by atoms with Crippen LogP contribution in [0.3, 0.4) is 0 Å². The van der Waals surface area contributed by atoms with Gasteiger partial charge in [-0.15, -0.1) is 22.0 Å². The number of thioether (sulfide) groups is 1. The first-order valence-corrected chi connectivity index (χ1v) is 9.59. The summed E-state index contributed by atoms with van der Waals surface area (Å²) in [7, 11) is 0. The minimum atomic E-state index is -1.23. The molecule has 8 heteroatoms. The highest BCUT2D eigenvalue weighted by Crippen LogP contribution is 2.20. The summed E-state index contributed by atoms with van der Waals surface area (Å²) in [6, 6.07) is 9.18. The van der Waals surface area contributed by atoms with Gasteiger partial charge in [-0.25, -0.2) is 4.79 Å². The van der Waals surface area contributed by atoms with Crippen molar-refractivity contribution >= 4 is 29.3 Å². The zero-order valence-electron chi connectivity index (χ0n) is 14.9. The van der Waals surface area contributed by atoms with Crippen LogP contribution < -0.4 is 5.32 Å². The van der Waals surface area contributed by atoms with Crippen molar-refractivity contribution < 1.29 is 14.7 Å². The average molecular weight is 384 g/mol. The van der Waals surface area contributed by atoms with E-state index in [4.69, 9.17) is 5.26 Å². The number of hydrogen-bond acceptors (Lipinski definition) is 6. The van der Waals surface area contributed by atoms with Gasteiger partial charge in [0.15, 0.2) is 5.69 Å². The lowest BCUT2D eigenvalue weighted by atomic mass is 10.1. The van der Waals surface area contributed by atoms with E-state index >= 15 is 0 Å². The lowest BCUT2D eigenvalue weighted by Gasteiger charge is -2.08. The third-order valence-electron chi connectivity index (χ3n) is 3.75. The number of rotatable bonds is 9. The molecule has 0 fully saturated rings. The third-order valence-corrected chi connectivity index (χ3v) is 4.75. The first-order valence-electron chi connectivity index (χ1n) is 8.60. The van der Waals surface area contributed by atoms with Crippen LogP contribution in [-0.2, 0) is 0 Å². The second-order valence-corrected chi connectivity index (χ2v) is 6.91. The summed E-state index contributed by atoms with van der Waals surface area (Å²) in [6.07, 6.45) is 4.71. The quantitative estimate of drug-likeness (QED) is 0.496. The van der Waals surface area contributed by atoms with Crippen LogP contribution in [0.1, 0.15) is 59.0 Å². The molecular weight excluding hydrogens is 364 g/mol. The molecule has 2 N–H and O–H groups in total. The number of unbranched alkanes of at least 4 members (excludes halogenated alkanes) is 3. The van der Waals surface area contributed by atoms with Gasteiger partial charge >= 0.3 is 5.97 Å². The van der Waals surface area contributed by atoms with Gasteiger partial charge in [0.05, 0.1) is 22.9 Å². The van der Waals surface area contributed by atoms with Crippen molar-refractivity contribution in [1.82, 2.24) is 10.2 Å². The number of nitrogens with one attached hydrogen (secondary N) is 1. The van der Waals surface area contributed by atoms with E-state index in [0.717, 1.165) is 17.2 Å². The first kappa shape index (κ1) is 20.4. The second kappa shape index (κ2) is 10.3. The molecule has 0 aliphatic heterocycles. The molecule has 7 nitrogen and oxygen atoms in total. The van der Waals surface area contributed by atoms with Crippen molar-refractivity contribution in [2.45, 2.75) is 37.6 Å². The number of anilines is 1. The van der Waals surface area contributed by atoms with Gasteiger partial charge in [-0.2, -0.15) is 5.26 Å². The Hall–Kier alpha value is -2.92. The summed E-state index contributed by atoms with van der Waals surface area (Å²) in [6.45, 7) is 2.17. The van der Waals surface area contributed by atoms with Gasteiger partial charge in [0.2, 0.25) is 0 Å². The molecule has 0 unspecified atom stereocenters. The van der Waals surface area contributed by atoms with Crippen molar-refractivity contribution in [1.29, 1.82) is 5.26 Å². The highest BCUT2D eigenvalue weighted by Gasteiger charge is 2.15. The molecule has 0 aliphatic rings. The summed E-state index contributed by atoms with van der Waals surface area (Å²) >= 11 is 1.59. The number of carbonyl (C=O) groups excluding carboxylic acids is 1. The predicted octanol–water partition coefficient (Wildman–Crippen LogP) is 3.97. The molecule has 2 aromatic rings. The van der Waals surface area contributed by atoms with Gasteiger partial charge in [0.1, 0.15) is 5.03 Å². The Morgan fingerprint density at radius 3 is 2.63 bits per heavy atom. The van der Waals surface area contributed by atoms with E-state index in [0.29, 0.717) is 0 Å². The molecule has 2 rings (SSSR count). The number of amides is 1. The van der Waals surface area contributed by atoms with Crippen LogP contribution in [0.4, 0.5) is 5.69 Å². The van der Waals surface area contributed by atoms with Crippen LogP contribution in [-0.4, -0.2) is 32.9 Å². The zero-order valence-corrected chi connectivity index (χ0v) is 15.8. The van der Waals surface area contributed by atoms with Crippen molar-refractivity contribution in [2.75, 3.05) is 11.1 Å². The molecule has 0 saturated heterocycles. The monoisotopic (exact) mass is 384 g/mol. The minimum absolute atomic E-state index is 0.0889. The number of benzene rings is 1. The molecule has 140 valence electrons. The van der Waals surface area contributed by atoms with Crippen LogP contribution in [0.15, 0.2) is 35.4 Å². The molecule has 1 amide bonds. The first-order chi connectivity index (χ1) is 13.0. The van der Waals surface area contributed by atoms with Crippen molar-refractivity contribution in [3.8, 4) is 6.07 Å². The number of aromatic nitrogens is 2. The molecule has 0 aliphatic carbocycles. The third kappa shape index (κ3) is 6.08. The maximum Gasteiger partial charge on any atom is 0.337 e. The molecule has 0 spiro atoms. The van der Waals surface area contributed by atoms with Gasteiger partial charge < -0.3 is 10.4 Å². The maximum absolute atomic E-state index is 12.3. The van der Waals surface area contributed by atoms with E-state index in [1.165, 1.54) is 37.5 Å². The highest BCUT2D eigenvalue weighted by molar-refractivity contribution is 7.99. The van der Waals surface area contributed by atoms with Crippen molar-refractivity contribution in [3.63, 3.8) is 0 Å². The number of carboxylic acid groups (broad SMARTS) is 1. The largest absolute Gasteiger partial charge is 0.478 e. The van der Waals surface area contributed by atoms with Crippen LogP contribution >= 0.6 is 11.8 Å². The summed E-state index contributed by atoms with van der Waals surface area (Å²) < 4.78 is 0. The molecule has 0 radical (unpaired) electrons.